The third-order valence-electron chi connectivity index (χ3n) is 5.48. The molecule has 0 saturated heterocycles. The number of nitrogens with one attached hydrogen (secondary N) is 1. The first-order chi connectivity index (χ1) is 16.8. The molecule has 0 unspecified atom stereocenters. The Hall–Kier alpha value is -4.08. The fraction of sp³-hybridized carbons (Fsp3) is 0.320. The summed E-state index contributed by atoms with van der Waals surface area (Å²) in [6.45, 7) is 3.68. The molecule has 0 aliphatic heterocycles. The Kier molecular flexibility index (Phi) is 8.30. The highest BCUT2D eigenvalue weighted by molar-refractivity contribution is 5.98. The van der Waals surface area contributed by atoms with Crippen LogP contribution in [-0.4, -0.2) is 28.7 Å². The molecule has 0 aliphatic rings. The third kappa shape index (κ3) is 5.89. The van der Waals surface area contributed by atoms with Gasteiger partial charge in [-0.25, -0.2) is 9.18 Å². The monoisotopic (exact) mass is 484 g/mol. The smallest absolute Gasteiger partial charge is 0.330 e. The second kappa shape index (κ2) is 11.4. The topological polar surface area (TPSA) is 120 Å². The Morgan fingerprint density at radius 1 is 1.17 bits per heavy atom. The number of nitrogen functional groups attached to an aromatic ring is 1. The van der Waals surface area contributed by atoms with Crippen LogP contribution < -0.4 is 31.4 Å². The van der Waals surface area contributed by atoms with E-state index in [4.69, 9.17) is 15.2 Å². The van der Waals surface area contributed by atoms with Crippen molar-refractivity contribution in [1.82, 2.24) is 9.55 Å². The van der Waals surface area contributed by atoms with E-state index < -0.39 is 29.1 Å². The van der Waals surface area contributed by atoms with Crippen molar-refractivity contribution in [1.29, 1.82) is 0 Å². The predicted octanol–water partition coefficient (Wildman–Crippen LogP) is 3.07. The normalized spacial score (nSPS) is 11.7. The van der Waals surface area contributed by atoms with Crippen molar-refractivity contribution in [3.05, 3.63) is 80.7 Å². The van der Waals surface area contributed by atoms with Crippen molar-refractivity contribution in [3.8, 4) is 11.5 Å². The minimum Gasteiger partial charge on any atom is -0.496 e. The van der Waals surface area contributed by atoms with Crippen LogP contribution in [0.5, 0.6) is 11.5 Å². The number of benzene rings is 2. The minimum absolute atomic E-state index is 0.0702. The highest BCUT2D eigenvalue weighted by atomic mass is 19.1. The molecule has 0 radical (unpaired) electrons. The molecule has 35 heavy (non-hydrogen) atoms. The molecule has 1 atom stereocenters. The van der Waals surface area contributed by atoms with Gasteiger partial charge in [-0.2, -0.15) is 0 Å². The fourth-order valence-electron chi connectivity index (χ4n) is 3.63. The number of hydrogen-bond acceptors (Lipinski definition) is 6. The number of amides is 1. The van der Waals surface area contributed by atoms with Gasteiger partial charge in [-0.05, 0) is 43.7 Å². The Bertz CT molecular complexity index is 1290. The van der Waals surface area contributed by atoms with Gasteiger partial charge in [-0.3, -0.25) is 24.0 Å². The maximum atomic E-state index is 13.6. The van der Waals surface area contributed by atoms with Crippen LogP contribution in [0.15, 0.2) is 58.1 Å². The van der Waals surface area contributed by atoms with Crippen LogP contribution in [0.25, 0.3) is 0 Å². The number of carbonyl (C=O) groups excluding carboxylic acids is 1. The summed E-state index contributed by atoms with van der Waals surface area (Å²) in [5.41, 5.74) is 5.30. The summed E-state index contributed by atoms with van der Waals surface area (Å²) in [5, 5.41) is 0. The zero-order chi connectivity index (χ0) is 25.5. The number of aromatic nitrogens is 2. The minimum atomic E-state index is -1.06. The van der Waals surface area contributed by atoms with Crippen LogP contribution in [-0.2, 0) is 17.9 Å². The second-order valence-electron chi connectivity index (χ2n) is 7.95. The first kappa shape index (κ1) is 25.5. The van der Waals surface area contributed by atoms with E-state index in [-0.39, 0.29) is 30.3 Å². The van der Waals surface area contributed by atoms with E-state index >= 15 is 0 Å². The number of anilines is 2. The largest absolute Gasteiger partial charge is 0.496 e. The molecule has 1 amide bonds. The van der Waals surface area contributed by atoms with Gasteiger partial charge in [0.05, 0.1) is 13.7 Å². The summed E-state index contributed by atoms with van der Waals surface area (Å²) in [6.07, 6.45) is 0.386. The van der Waals surface area contributed by atoms with Crippen molar-refractivity contribution in [2.24, 2.45) is 0 Å². The molecule has 1 aromatic heterocycles. The van der Waals surface area contributed by atoms with Gasteiger partial charge >= 0.3 is 5.69 Å². The fourth-order valence-corrected chi connectivity index (χ4v) is 3.63. The van der Waals surface area contributed by atoms with Crippen LogP contribution in [0.1, 0.15) is 32.3 Å². The molecule has 9 nitrogen and oxygen atoms in total. The van der Waals surface area contributed by atoms with E-state index in [1.807, 2.05) is 6.92 Å². The van der Waals surface area contributed by atoms with Gasteiger partial charge in [-0.1, -0.05) is 31.5 Å². The Balaban J connectivity index is 2.08. The Morgan fingerprint density at radius 3 is 2.51 bits per heavy atom. The van der Waals surface area contributed by atoms with Crippen LogP contribution >= 0.6 is 0 Å². The number of halogens is 1. The van der Waals surface area contributed by atoms with Crippen molar-refractivity contribution in [3.63, 3.8) is 0 Å². The Labute approximate surface area is 201 Å². The van der Waals surface area contributed by atoms with Crippen LogP contribution in [0.3, 0.4) is 0 Å². The number of H-pyrrole nitrogens is 1. The summed E-state index contributed by atoms with van der Waals surface area (Å²) < 4.78 is 25.6. The Morgan fingerprint density at radius 2 is 1.86 bits per heavy atom. The number of ether oxygens (including phenoxy) is 2. The molecular weight excluding hydrogens is 455 g/mol. The highest BCUT2D eigenvalue weighted by Crippen LogP contribution is 2.26. The van der Waals surface area contributed by atoms with Gasteiger partial charge in [0.25, 0.3) is 11.5 Å². The van der Waals surface area contributed by atoms with E-state index in [0.717, 1.165) is 6.42 Å². The van der Waals surface area contributed by atoms with E-state index in [1.165, 1.54) is 47.8 Å². The number of unbranched alkanes of at least 4 members (excludes halogenated alkanes) is 1. The zero-order valence-corrected chi connectivity index (χ0v) is 19.9. The van der Waals surface area contributed by atoms with Gasteiger partial charge in [0.1, 0.15) is 23.1 Å². The molecule has 10 heteroatoms. The number of nitrogens with zero attached hydrogens (tertiary/aromatic N) is 2. The first-order valence-corrected chi connectivity index (χ1v) is 11.2. The van der Waals surface area contributed by atoms with Gasteiger partial charge in [0.2, 0.25) is 0 Å². The molecule has 0 fully saturated rings. The molecule has 0 aliphatic carbocycles. The molecule has 3 rings (SSSR count). The van der Waals surface area contributed by atoms with Gasteiger partial charge in [0.15, 0.2) is 11.8 Å². The first-order valence-electron chi connectivity index (χ1n) is 11.2. The zero-order valence-electron chi connectivity index (χ0n) is 19.9. The maximum Gasteiger partial charge on any atom is 0.330 e. The molecule has 0 bridgehead atoms. The number of aromatic amines is 1. The summed E-state index contributed by atoms with van der Waals surface area (Å²) in [6, 6.07) is 12.3. The van der Waals surface area contributed by atoms with Crippen molar-refractivity contribution in [2.75, 3.05) is 17.7 Å². The van der Waals surface area contributed by atoms with Crippen molar-refractivity contribution < 1.29 is 18.7 Å². The van der Waals surface area contributed by atoms with Crippen molar-refractivity contribution in [2.45, 2.75) is 45.9 Å². The molecular formula is C25H29FN4O5. The van der Waals surface area contributed by atoms with E-state index in [9.17, 15) is 18.8 Å². The predicted molar refractivity (Wildman–Crippen MR) is 131 cm³/mol. The van der Waals surface area contributed by atoms with Crippen LogP contribution in [0, 0.1) is 5.82 Å². The lowest BCUT2D eigenvalue weighted by atomic mass is 10.1. The molecule has 0 spiro atoms. The number of methoxy groups -OCH3 is 1. The summed E-state index contributed by atoms with van der Waals surface area (Å²) in [7, 11) is 1.50. The standard InChI is InChI=1S/C25H29FN4O5/c1-4-5-14-29-22(27)21(23(31)28-25(29)33)30(15-17-8-6-7-9-20(17)34-3)24(32)16(2)35-19-12-10-18(26)11-13-19/h6-13,16H,4-5,14-15,27H2,1-3H3,(H,28,31,33)/t16-/m1/s1. The van der Waals surface area contributed by atoms with E-state index in [1.54, 1.807) is 24.3 Å². The maximum absolute atomic E-state index is 13.6. The summed E-state index contributed by atoms with van der Waals surface area (Å²) in [4.78, 5) is 42.4. The number of rotatable bonds is 10. The van der Waals surface area contributed by atoms with Crippen molar-refractivity contribution >= 4 is 17.4 Å². The molecule has 3 aromatic rings. The van der Waals surface area contributed by atoms with Crippen LogP contribution in [0.2, 0.25) is 0 Å². The lowest BCUT2D eigenvalue weighted by Gasteiger charge is -2.28. The molecule has 1 heterocycles. The van der Waals surface area contributed by atoms with Gasteiger partial charge < -0.3 is 15.2 Å². The molecule has 0 saturated carbocycles. The number of hydrogen-bond donors (Lipinski definition) is 2. The van der Waals surface area contributed by atoms with Crippen LogP contribution in [0.4, 0.5) is 15.9 Å². The third-order valence-corrected chi connectivity index (χ3v) is 5.48. The second-order valence-corrected chi connectivity index (χ2v) is 7.95. The number of nitrogens with two attached hydrogens (primary N) is 1. The van der Waals surface area contributed by atoms with E-state index in [2.05, 4.69) is 4.98 Å². The highest BCUT2D eigenvalue weighted by Gasteiger charge is 2.30. The summed E-state index contributed by atoms with van der Waals surface area (Å²) in [5.74, 6) is -0.365. The molecule has 2 aromatic carbocycles. The lowest BCUT2D eigenvalue weighted by molar-refractivity contribution is -0.124. The summed E-state index contributed by atoms with van der Waals surface area (Å²) >= 11 is 0. The average Bonchev–Trinajstić information content (AvgIpc) is 2.84. The van der Waals surface area contributed by atoms with Gasteiger partial charge in [0, 0.05) is 12.1 Å². The number of carbonyl (C=O) groups is 1. The number of para-hydroxylation sites is 1. The molecule has 186 valence electrons. The molecule has 3 N–H and O–H groups in total. The quantitative estimate of drug-likeness (QED) is 0.456. The SMILES string of the molecule is CCCCn1c(N)c(N(Cc2ccccc2OC)C(=O)[C@@H](C)Oc2ccc(F)cc2)c(=O)[nH]c1=O. The van der Waals surface area contributed by atoms with E-state index in [0.29, 0.717) is 17.7 Å². The average molecular weight is 485 g/mol. The van der Waals surface area contributed by atoms with Gasteiger partial charge in [-0.15, -0.1) is 0 Å². The lowest BCUT2D eigenvalue weighted by Crippen LogP contribution is -2.45.